The number of carbonyl (C=O) groups excluding carboxylic acids is 4. The van der Waals surface area contributed by atoms with Gasteiger partial charge in [0.25, 0.3) is 0 Å². The van der Waals surface area contributed by atoms with Gasteiger partial charge in [0, 0.05) is 24.7 Å². The Bertz CT molecular complexity index is 652. The van der Waals surface area contributed by atoms with E-state index in [1.54, 1.807) is 13.8 Å². The van der Waals surface area contributed by atoms with Gasteiger partial charge in [-0.15, -0.1) is 0 Å². The van der Waals surface area contributed by atoms with Crippen molar-refractivity contribution in [1.82, 2.24) is 0 Å². The molecule has 0 heterocycles. The minimum atomic E-state index is -1.15. The Balaban J connectivity index is 1.77. The largest absolute Gasteiger partial charge is 0.466 e. The molecule has 6 heteroatoms. The Labute approximate surface area is 139 Å². The maximum atomic E-state index is 13.1. The van der Waals surface area contributed by atoms with Gasteiger partial charge in [-0.1, -0.05) is 0 Å². The summed E-state index contributed by atoms with van der Waals surface area (Å²) in [5.74, 6) is -2.17. The van der Waals surface area contributed by atoms with E-state index in [2.05, 4.69) is 0 Å². The standard InChI is InChI=1S/C18H20O6/c1-3-23-15(21)17-7-5-10(20)14-11(7)12-8(6-9(19)13(12)17)18(14,17)16(22)24-4-2/h7-8,11-14H,3-6H2,1-2H3/t7-,8-,11+,12+,13+,14+,17-,18-/m0/s1. The van der Waals surface area contributed by atoms with Gasteiger partial charge in [0.05, 0.1) is 24.0 Å². The SMILES string of the molecule is CCOC(=O)[C@@]12[C@@H]3C(=O)C[C@H]4[C@@H]3[C@@H]3[C@@H](C(=O)C[C@@H]31)[C@]42C(=O)OCC. The summed E-state index contributed by atoms with van der Waals surface area (Å²) in [6.45, 7) is 3.85. The van der Waals surface area contributed by atoms with Crippen molar-refractivity contribution in [3.8, 4) is 0 Å². The van der Waals surface area contributed by atoms with Crippen molar-refractivity contribution in [3.05, 3.63) is 0 Å². The zero-order chi connectivity index (χ0) is 17.0. The molecule has 6 aliphatic rings. The molecule has 6 rings (SSSR count). The van der Waals surface area contributed by atoms with Crippen LogP contribution in [0, 0.1) is 46.3 Å². The van der Waals surface area contributed by atoms with Crippen LogP contribution in [0.3, 0.4) is 0 Å². The van der Waals surface area contributed by atoms with Gasteiger partial charge in [-0.05, 0) is 37.5 Å². The fourth-order valence-corrected chi connectivity index (χ4v) is 7.86. The van der Waals surface area contributed by atoms with Gasteiger partial charge in [-0.25, -0.2) is 0 Å². The predicted molar refractivity (Wildman–Crippen MR) is 78.3 cm³/mol. The molecule has 0 aromatic carbocycles. The van der Waals surface area contributed by atoms with Gasteiger partial charge in [-0.2, -0.15) is 0 Å². The molecule has 24 heavy (non-hydrogen) atoms. The van der Waals surface area contributed by atoms with Crippen molar-refractivity contribution >= 4 is 23.5 Å². The molecule has 0 aromatic heterocycles. The quantitative estimate of drug-likeness (QED) is 0.707. The summed E-state index contributed by atoms with van der Waals surface area (Å²) < 4.78 is 10.8. The molecule has 0 spiro atoms. The third kappa shape index (κ3) is 1.04. The molecule has 8 bridgehead atoms. The molecule has 8 atom stereocenters. The third-order valence-corrected chi connectivity index (χ3v) is 7.74. The zero-order valence-corrected chi connectivity index (χ0v) is 13.7. The second-order valence-corrected chi connectivity index (χ2v) is 7.84. The monoisotopic (exact) mass is 332 g/mol. The number of carbonyl (C=O) groups is 4. The molecule has 0 saturated heterocycles. The normalized spacial score (nSPS) is 51.8. The summed E-state index contributed by atoms with van der Waals surface area (Å²) >= 11 is 0. The smallest absolute Gasteiger partial charge is 0.314 e. The summed E-state index contributed by atoms with van der Waals surface area (Å²) in [6.07, 6.45) is 0.588. The van der Waals surface area contributed by atoms with Crippen LogP contribution in [0.4, 0.5) is 0 Å². The average molecular weight is 332 g/mol. The van der Waals surface area contributed by atoms with Crippen LogP contribution in [0.15, 0.2) is 0 Å². The van der Waals surface area contributed by atoms with Crippen molar-refractivity contribution in [2.24, 2.45) is 46.3 Å². The van der Waals surface area contributed by atoms with E-state index in [1.165, 1.54) is 0 Å². The lowest BCUT2D eigenvalue weighted by Crippen LogP contribution is -2.63. The highest BCUT2D eigenvalue weighted by Gasteiger charge is 2.99. The van der Waals surface area contributed by atoms with E-state index in [4.69, 9.17) is 9.47 Å². The average Bonchev–Trinajstić information content (AvgIpc) is 3.28. The second-order valence-electron chi connectivity index (χ2n) is 7.84. The Hall–Kier alpha value is -1.72. The molecule has 0 unspecified atom stereocenters. The van der Waals surface area contributed by atoms with Crippen molar-refractivity contribution in [2.45, 2.75) is 26.7 Å². The fourth-order valence-electron chi connectivity index (χ4n) is 7.86. The predicted octanol–water partition coefficient (Wildman–Crippen LogP) is 0.769. The molecule has 0 N–H and O–H groups in total. The van der Waals surface area contributed by atoms with Crippen molar-refractivity contribution in [2.75, 3.05) is 13.2 Å². The molecular weight excluding hydrogens is 312 g/mol. The molecule has 128 valence electrons. The highest BCUT2D eigenvalue weighted by molar-refractivity contribution is 6.08. The van der Waals surface area contributed by atoms with E-state index < -0.39 is 34.6 Å². The zero-order valence-electron chi connectivity index (χ0n) is 13.7. The van der Waals surface area contributed by atoms with Gasteiger partial charge in [-0.3, -0.25) is 19.2 Å². The first-order valence-electron chi connectivity index (χ1n) is 8.89. The first-order valence-corrected chi connectivity index (χ1v) is 8.89. The van der Waals surface area contributed by atoms with Gasteiger partial charge in [0.1, 0.15) is 11.6 Å². The Kier molecular flexibility index (Phi) is 2.49. The summed E-state index contributed by atoms with van der Waals surface area (Å²) in [6, 6.07) is 0. The van der Waals surface area contributed by atoms with Crippen molar-refractivity contribution < 1.29 is 28.7 Å². The molecule has 6 nitrogen and oxygen atoms in total. The lowest BCUT2D eigenvalue weighted by Gasteiger charge is -2.50. The van der Waals surface area contributed by atoms with Crippen LogP contribution in [-0.4, -0.2) is 36.7 Å². The molecule has 6 aliphatic carbocycles. The maximum absolute atomic E-state index is 13.1. The van der Waals surface area contributed by atoms with Gasteiger partial charge >= 0.3 is 11.9 Å². The molecule has 0 radical (unpaired) electrons. The van der Waals surface area contributed by atoms with Crippen LogP contribution in [0.2, 0.25) is 0 Å². The van der Waals surface area contributed by atoms with E-state index in [1.807, 2.05) is 0 Å². The summed E-state index contributed by atoms with van der Waals surface area (Å²) in [4.78, 5) is 51.5. The van der Waals surface area contributed by atoms with E-state index in [0.29, 0.717) is 12.8 Å². The van der Waals surface area contributed by atoms with Crippen LogP contribution in [0.25, 0.3) is 0 Å². The number of hydrogen-bond donors (Lipinski definition) is 0. The van der Waals surface area contributed by atoms with Crippen molar-refractivity contribution in [3.63, 3.8) is 0 Å². The number of rotatable bonds is 4. The van der Waals surface area contributed by atoms with E-state index >= 15 is 0 Å². The molecule has 0 aliphatic heterocycles. The van der Waals surface area contributed by atoms with Crippen LogP contribution in [0.1, 0.15) is 26.7 Å². The molecule has 6 saturated carbocycles. The van der Waals surface area contributed by atoms with Gasteiger partial charge < -0.3 is 9.47 Å². The highest BCUT2D eigenvalue weighted by Crippen LogP contribution is 2.91. The fraction of sp³-hybridized carbons (Fsp3) is 0.778. The molecular formula is C18H20O6. The Morgan fingerprint density at radius 3 is 1.58 bits per heavy atom. The summed E-state index contributed by atoms with van der Waals surface area (Å²) in [7, 11) is 0. The van der Waals surface area contributed by atoms with E-state index in [-0.39, 0.29) is 48.5 Å². The maximum Gasteiger partial charge on any atom is 0.314 e. The van der Waals surface area contributed by atoms with E-state index in [0.717, 1.165) is 0 Å². The topological polar surface area (TPSA) is 86.7 Å². The van der Waals surface area contributed by atoms with E-state index in [9.17, 15) is 19.2 Å². The Morgan fingerprint density at radius 2 is 1.25 bits per heavy atom. The van der Waals surface area contributed by atoms with Gasteiger partial charge in [0.2, 0.25) is 0 Å². The number of hydrogen-bond acceptors (Lipinski definition) is 6. The van der Waals surface area contributed by atoms with Crippen molar-refractivity contribution in [1.29, 1.82) is 0 Å². The van der Waals surface area contributed by atoms with Crippen LogP contribution < -0.4 is 0 Å². The molecule has 0 amide bonds. The third-order valence-electron chi connectivity index (χ3n) is 7.74. The number of ketones is 2. The molecule has 6 fully saturated rings. The lowest BCUT2D eigenvalue weighted by atomic mass is 9.49. The number of ether oxygens (including phenoxy) is 2. The van der Waals surface area contributed by atoms with Crippen LogP contribution in [-0.2, 0) is 28.7 Å². The number of esters is 2. The lowest BCUT2D eigenvalue weighted by molar-refractivity contribution is -0.197. The molecule has 0 aromatic rings. The summed E-state index contributed by atoms with van der Waals surface area (Å²) in [5.41, 5.74) is -2.30. The minimum Gasteiger partial charge on any atom is -0.466 e. The second kappa shape index (κ2) is 4.09. The highest BCUT2D eigenvalue weighted by atomic mass is 16.5. The number of Topliss-reactive ketones (excluding diaryl/α,β-unsaturated/α-hetero) is 2. The first kappa shape index (κ1) is 14.6. The van der Waals surface area contributed by atoms with Gasteiger partial charge in [0.15, 0.2) is 0 Å². The van der Waals surface area contributed by atoms with Crippen LogP contribution in [0.5, 0.6) is 0 Å². The summed E-state index contributed by atoms with van der Waals surface area (Å²) in [5, 5.41) is 0. The first-order chi connectivity index (χ1) is 11.5. The minimum absolute atomic E-state index is 0.0206. The Morgan fingerprint density at radius 1 is 0.875 bits per heavy atom. The van der Waals surface area contributed by atoms with Crippen LogP contribution >= 0.6 is 0 Å².